The minimum absolute atomic E-state index is 0.195. The molecule has 0 aliphatic rings. The second-order valence-electron chi connectivity index (χ2n) is 5.39. The molecule has 24 heavy (non-hydrogen) atoms. The SMILES string of the molecule is CCOc1ccc2c(c1)sc(=NS(=O)(=O)c1ccc(C)cc1)n2C. The van der Waals surface area contributed by atoms with Crippen LogP contribution >= 0.6 is 11.3 Å². The number of thiazole rings is 1. The van der Waals surface area contributed by atoms with E-state index in [1.165, 1.54) is 11.3 Å². The van der Waals surface area contributed by atoms with Gasteiger partial charge in [-0.15, -0.1) is 4.40 Å². The molecule has 0 fully saturated rings. The smallest absolute Gasteiger partial charge is 0.285 e. The molecule has 0 amide bonds. The number of benzene rings is 2. The number of rotatable bonds is 4. The standard InChI is InChI=1S/C17H18N2O3S2/c1-4-22-13-7-10-15-16(11-13)23-17(19(15)3)18-24(20,21)14-8-5-12(2)6-9-14/h5-11H,4H2,1-3H3. The van der Waals surface area contributed by atoms with E-state index in [4.69, 9.17) is 4.74 Å². The summed E-state index contributed by atoms with van der Waals surface area (Å²) < 4.78 is 37.2. The first-order valence-corrected chi connectivity index (χ1v) is 9.76. The average Bonchev–Trinajstić information content (AvgIpc) is 2.83. The number of hydrogen-bond acceptors (Lipinski definition) is 4. The van der Waals surface area contributed by atoms with Crippen molar-refractivity contribution in [3.63, 3.8) is 0 Å². The number of sulfonamides is 1. The minimum Gasteiger partial charge on any atom is -0.494 e. The number of hydrogen-bond donors (Lipinski definition) is 0. The van der Waals surface area contributed by atoms with Crippen molar-refractivity contribution < 1.29 is 13.2 Å². The van der Waals surface area contributed by atoms with E-state index in [9.17, 15) is 8.42 Å². The highest BCUT2D eigenvalue weighted by atomic mass is 32.2. The molecule has 126 valence electrons. The monoisotopic (exact) mass is 362 g/mol. The highest BCUT2D eigenvalue weighted by molar-refractivity contribution is 7.90. The van der Waals surface area contributed by atoms with Gasteiger partial charge in [-0.2, -0.15) is 8.42 Å². The van der Waals surface area contributed by atoms with Crippen LogP contribution in [0.5, 0.6) is 5.75 Å². The zero-order valence-electron chi connectivity index (χ0n) is 13.7. The third kappa shape index (κ3) is 3.22. The van der Waals surface area contributed by atoms with Gasteiger partial charge in [0.15, 0.2) is 0 Å². The number of aromatic nitrogens is 1. The largest absolute Gasteiger partial charge is 0.494 e. The van der Waals surface area contributed by atoms with Gasteiger partial charge in [-0.3, -0.25) is 0 Å². The van der Waals surface area contributed by atoms with Gasteiger partial charge in [0.25, 0.3) is 10.0 Å². The van der Waals surface area contributed by atoms with E-state index in [2.05, 4.69) is 4.40 Å². The fourth-order valence-electron chi connectivity index (χ4n) is 2.33. The van der Waals surface area contributed by atoms with Crippen molar-refractivity contribution in [2.75, 3.05) is 6.61 Å². The Balaban J connectivity index is 2.12. The van der Waals surface area contributed by atoms with Crippen LogP contribution in [0.1, 0.15) is 12.5 Å². The van der Waals surface area contributed by atoms with E-state index < -0.39 is 10.0 Å². The molecule has 7 heteroatoms. The van der Waals surface area contributed by atoms with Crippen LogP contribution in [0, 0.1) is 6.92 Å². The van der Waals surface area contributed by atoms with Gasteiger partial charge in [-0.05, 0) is 44.2 Å². The summed E-state index contributed by atoms with van der Waals surface area (Å²) in [4.78, 5) is 0.625. The van der Waals surface area contributed by atoms with Gasteiger partial charge in [-0.25, -0.2) is 0 Å². The first-order valence-electron chi connectivity index (χ1n) is 7.51. The molecule has 0 bridgehead atoms. The lowest BCUT2D eigenvalue weighted by Crippen LogP contribution is -2.13. The van der Waals surface area contributed by atoms with Crippen molar-refractivity contribution in [3.8, 4) is 5.75 Å². The quantitative estimate of drug-likeness (QED) is 0.716. The molecule has 0 saturated heterocycles. The Morgan fingerprint density at radius 1 is 1.17 bits per heavy atom. The molecule has 5 nitrogen and oxygen atoms in total. The summed E-state index contributed by atoms with van der Waals surface area (Å²) >= 11 is 1.33. The Morgan fingerprint density at radius 3 is 2.54 bits per heavy atom. The topological polar surface area (TPSA) is 60.7 Å². The van der Waals surface area contributed by atoms with Crippen LogP contribution in [0.4, 0.5) is 0 Å². The summed E-state index contributed by atoms with van der Waals surface area (Å²) in [6.07, 6.45) is 0. The molecule has 3 rings (SSSR count). The summed E-state index contributed by atoms with van der Waals surface area (Å²) in [6.45, 7) is 4.42. The third-order valence-corrected chi connectivity index (χ3v) is 6.10. The fraction of sp³-hybridized carbons (Fsp3) is 0.235. The maximum Gasteiger partial charge on any atom is 0.285 e. The van der Waals surface area contributed by atoms with Gasteiger partial charge in [0.1, 0.15) is 5.75 Å². The predicted octanol–water partition coefficient (Wildman–Crippen LogP) is 3.24. The molecule has 0 aliphatic heterocycles. The van der Waals surface area contributed by atoms with Crippen molar-refractivity contribution in [1.29, 1.82) is 0 Å². The van der Waals surface area contributed by atoms with Crippen LogP contribution in [0.15, 0.2) is 51.8 Å². The minimum atomic E-state index is -3.74. The summed E-state index contributed by atoms with van der Waals surface area (Å²) in [5, 5.41) is 0. The second kappa shape index (κ2) is 6.41. The van der Waals surface area contributed by atoms with Gasteiger partial charge in [0.05, 0.1) is 21.7 Å². The normalized spacial score (nSPS) is 12.7. The summed E-state index contributed by atoms with van der Waals surface area (Å²) in [6, 6.07) is 12.4. The van der Waals surface area contributed by atoms with Crippen LogP contribution in [0.2, 0.25) is 0 Å². The average molecular weight is 362 g/mol. The van der Waals surface area contributed by atoms with Crippen LogP contribution in [-0.4, -0.2) is 19.6 Å². The van der Waals surface area contributed by atoms with E-state index in [1.54, 1.807) is 28.8 Å². The van der Waals surface area contributed by atoms with E-state index >= 15 is 0 Å². The van der Waals surface area contributed by atoms with Crippen LogP contribution < -0.4 is 9.54 Å². The molecular formula is C17H18N2O3S2. The second-order valence-corrected chi connectivity index (χ2v) is 8.00. The van der Waals surface area contributed by atoms with E-state index in [0.29, 0.717) is 11.4 Å². The lowest BCUT2D eigenvalue weighted by Gasteiger charge is -2.02. The highest BCUT2D eigenvalue weighted by Crippen LogP contribution is 2.23. The van der Waals surface area contributed by atoms with E-state index in [1.807, 2.05) is 39.1 Å². The Morgan fingerprint density at radius 2 is 1.88 bits per heavy atom. The fourth-order valence-corrected chi connectivity index (χ4v) is 4.60. The zero-order chi connectivity index (χ0) is 17.3. The van der Waals surface area contributed by atoms with Crippen molar-refractivity contribution in [2.24, 2.45) is 11.4 Å². The third-order valence-electron chi connectivity index (χ3n) is 3.61. The van der Waals surface area contributed by atoms with Crippen molar-refractivity contribution in [1.82, 2.24) is 4.57 Å². The first-order chi connectivity index (χ1) is 11.4. The Labute approximate surface area is 144 Å². The summed E-state index contributed by atoms with van der Waals surface area (Å²) in [7, 11) is -1.93. The van der Waals surface area contributed by atoms with Gasteiger partial charge in [0.2, 0.25) is 4.80 Å². The van der Waals surface area contributed by atoms with Crippen molar-refractivity contribution >= 4 is 31.6 Å². The lowest BCUT2D eigenvalue weighted by molar-refractivity contribution is 0.341. The maximum atomic E-state index is 12.5. The lowest BCUT2D eigenvalue weighted by atomic mass is 10.2. The number of fused-ring (bicyclic) bond motifs is 1. The maximum absolute atomic E-state index is 12.5. The van der Waals surface area contributed by atoms with E-state index in [-0.39, 0.29) is 4.90 Å². The number of ether oxygens (including phenoxy) is 1. The summed E-state index contributed by atoms with van der Waals surface area (Å²) in [5.74, 6) is 0.764. The Hall–Kier alpha value is -2.12. The van der Waals surface area contributed by atoms with E-state index in [0.717, 1.165) is 21.5 Å². The molecule has 0 radical (unpaired) electrons. The van der Waals surface area contributed by atoms with Gasteiger partial charge in [-0.1, -0.05) is 29.0 Å². The molecule has 0 atom stereocenters. The number of aryl methyl sites for hydroxylation is 2. The molecule has 0 N–H and O–H groups in total. The number of nitrogens with zero attached hydrogens (tertiary/aromatic N) is 2. The van der Waals surface area contributed by atoms with Crippen LogP contribution in [-0.2, 0) is 17.1 Å². The Kier molecular flexibility index (Phi) is 4.47. The molecule has 0 unspecified atom stereocenters. The summed E-state index contributed by atoms with van der Waals surface area (Å²) in [5.41, 5.74) is 1.92. The predicted molar refractivity (Wildman–Crippen MR) is 95.9 cm³/mol. The molecule has 1 heterocycles. The highest BCUT2D eigenvalue weighted by Gasteiger charge is 2.14. The molecule has 1 aromatic heterocycles. The molecule has 0 saturated carbocycles. The van der Waals surface area contributed by atoms with Gasteiger partial charge < -0.3 is 9.30 Å². The van der Waals surface area contributed by atoms with Crippen LogP contribution in [0.25, 0.3) is 10.2 Å². The molecule has 0 spiro atoms. The molecule has 2 aromatic carbocycles. The van der Waals surface area contributed by atoms with Gasteiger partial charge >= 0.3 is 0 Å². The van der Waals surface area contributed by atoms with Crippen molar-refractivity contribution in [2.45, 2.75) is 18.7 Å². The van der Waals surface area contributed by atoms with Crippen molar-refractivity contribution in [3.05, 3.63) is 52.8 Å². The molecular weight excluding hydrogens is 344 g/mol. The molecule has 0 aliphatic carbocycles. The first kappa shape index (κ1) is 16.7. The van der Waals surface area contributed by atoms with Gasteiger partial charge in [0, 0.05) is 7.05 Å². The Bertz CT molecular complexity index is 1050. The van der Waals surface area contributed by atoms with Crippen LogP contribution in [0.3, 0.4) is 0 Å². The zero-order valence-corrected chi connectivity index (χ0v) is 15.3. The molecule has 3 aromatic rings.